The Kier molecular flexibility index (Phi) is 4.98. The largest absolute Gasteiger partial charge is 0.377 e. The first-order valence-corrected chi connectivity index (χ1v) is 8.31. The summed E-state index contributed by atoms with van der Waals surface area (Å²) < 4.78 is 5.96. The Morgan fingerprint density at radius 1 is 1.10 bits per heavy atom. The van der Waals surface area contributed by atoms with Crippen LogP contribution in [0, 0.1) is 0 Å². The average Bonchev–Trinajstić information content (AvgIpc) is 2.86. The zero-order chi connectivity index (χ0) is 13.8. The lowest BCUT2D eigenvalue weighted by molar-refractivity contribution is 0.0295. The summed E-state index contributed by atoms with van der Waals surface area (Å²) in [5.41, 5.74) is 2.85. The molecule has 0 saturated heterocycles. The average molecular weight is 294 g/mol. The first-order valence-electron chi connectivity index (χ1n) is 7.93. The number of fused-ring (bicyclic) bond motifs is 1. The van der Waals surface area contributed by atoms with Crippen molar-refractivity contribution in [2.45, 2.75) is 57.1 Å². The van der Waals surface area contributed by atoms with Crippen molar-refractivity contribution in [3.63, 3.8) is 0 Å². The van der Waals surface area contributed by atoms with Gasteiger partial charge in [0.2, 0.25) is 0 Å². The molecule has 0 spiro atoms. The van der Waals surface area contributed by atoms with E-state index in [1.165, 1.54) is 43.2 Å². The van der Waals surface area contributed by atoms with Crippen molar-refractivity contribution in [3.05, 3.63) is 34.3 Å². The van der Waals surface area contributed by atoms with Gasteiger partial charge in [-0.25, -0.2) is 0 Å². The van der Waals surface area contributed by atoms with Gasteiger partial charge in [0, 0.05) is 17.6 Å². The molecular weight excluding hydrogens is 270 g/mol. The molecule has 0 aliphatic heterocycles. The molecule has 3 heteroatoms. The van der Waals surface area contributed by atoms with E-state index >= 15 is 0 Å². The van der Waals surface area contributed by atoms with Crippen LogP contribution in [0.25, 0.3) is 0 Å². The SMILES string of the molecule is Clc1ccc2c(c1)CC(NCCOC1CCCCC1)C2. The molecule has 0 bridgehead atoms. The Labute approximate surface area is 126 Å². The lowest BCUT2D eigenvalue weighted by Gasteiger charge is -2.22. The van der Waals surface area contributed by atoms with Crippen molar-refractivity contribution in [3.8, 4) is 0 Å². The zero-order valence-electron chi connectivity index (χ0n) is 12.0. The zero-order valence-corrected chi connectivity index (χ0v) is 12.8. The van der Waals surface area contributed by atoms with Gasteiger partial charge in [-0.2, -0.15) is 0 Å². The van der Waals surface area contributed by atoms with Gasteiger partial charge in [-0.1, -0.05) is 36.9 Å². The van der Waals surface area contributed by atoms with Crippen LogP contribution in [0.15, 0.2) is 18.2 Å². The van der Waals surface area contributed by atoms with Crippen LogP contribution in [0.2, 0.25) is 5.02 Å². The van der Waals surface area contributed by atoms with Crippen molar-refractivity contribution >= 4 is 11.6 Å². The quantitative estimate of drug-likeness (QED) is 0.835. The van der Waals surface area contributed by atoms with Crippen LogP contribution in [0.3, 0.4) is 0 Å². The number of halogens is 1. The number of ether oxygens (including phenoxy) is 1. The van der Waals surface area contributed by atoms with Gasteiger partial charge in [0.25, 0.3) is 0 Å². The van der Waals surface area contributed by atoms with Crippen molar-refractivity contribution in [2.75, 3.05) is 13.2 Å². The van der Waals surface area contributed by atoms with Gasteiger partial charge in [0.15, 0.2) is 0 Å². The molecule has 1 aromatic carbocycles. The van der Waals surface area contributed by atoms with E-state index in [-0.39, 0.29) is 0 Å². The third-order valence-electron chi connectivity index (χ3n) is 4.54. The van der Waals surface area contributed by atoms with E-state index in [2.05, 4.69) is 17.4 Å². The van der Waals surface area contributed by atoms with Gasteiger partial charge >= 0.3 is 0 Å². The molecule has 1 unspecified atom stereocenters. The Hall–Kier alpha value is -0.570. The molecule has 1 saturated carbocycles. The second-order valence-electron chi connectivity index (χ2n) is 6.10. The molecular formula is C17H24ClNO. The standard InChI is InChI=1S/C17H24ClNO/c18-15-7-6-13-11-16(12-14(13)10-15)19-8-9-20-17-4-2-1-3-5-17/h6-7,10,16-17,19H,1-5,8-9,11-12H2. The molecule has 1 atom stereocenters. The summed E-state index contributed by atoms with van der Waals surface area (Å²) in [4.78, 5) is 0. The Bertz CT molecular complexity index is 443. The van der Waals surface area contributed by atoms with Crippen LogP contribution in [0.4, 0.5) is 0 Å². The first-order chi connectivity index (χ1) is 9.81. The highest BCUT2D eigenvalue weighted by atomic mass is 35.5. The molecule has 0 amide bonds. The number of benzene rings is 1. The summed E-state index contributed by atoms with van der Waals surface area (Å²) in [6.07, 6.45) is 9.33. The fraction of sp³-hybridized carbons (Fsp3) is 0.647. The second kappa shape index (κ2) is 6.93. The first kappa shape index (κ1) is 14.4. The normalized spacial score (nSPS) is 22.9. The second-order valence-corrected chi connectivity index (χ2v) is 6.54. The third-order valence-corrected chi connectivity index (χ3v) is 4.78. The van der Waals surface area contributed by atoms with Gasteiger partial charge in [0.05, 0.1) is 12.7 Å². The minimum Gasteiger partial charge on any atom is -0.377 e. The molecule has 2 nitrogen and oxygen atoms in total. The third kappa shape index (κ3) is 3.75. The number of nitrogens with one attached hydrogen (secondary N) is 1. The maximum Gasteiger partial charge on any atom is 0.0594 e. The topological polar surface area (TPSA) is 21.3 Å². The molecule has 0 heterocycles. The molecule has 1 fully saturated rings. The van der Waals surface area contributed by atoms with Gasteiger partial charge in [-0.3, -0.25) is 0 Å². The molecule has 1 N–H and O–H groups in total. The molecule has 2 aliphatic rings. The molecule has 3 rings (SSSR count). The van der Waals surface area contributed by atoms with Crippen LogP contribution >= 0.6 is 11.6 Å². The van der Waals surface area contributed by atoms with Crippen LogP contribution < -0.4 is 5.32 Å². The van der Waals surface area contributed by atoms with Gasteiger partial charge in [0.1, 0.15) is 0 Å². The van der Waals surface area contributed by atoms with Gasteiger partial charge in [-0.15, -0.1) is 0 Å². The molecule has 20 heavy (non-hydrogen) atoms. The lowest BCUT2D eigenvalue weighted by atomic mass is 9.98. The summed E-state index contributed by atoms with van der Waals surface area (Å²) in [6, 6.07) is 6.82. The van der Waals surface area contributed by atoms with E-state index < -0.39 is 0 Å². The summed E-state index contributed by atoms with van der Waals surface area (Å²) in [7, 11) is 0. The molecule has 1 aromatic rings. The summed E-state index contributed by atoms with van der Waals surface area (Å²) in [5, 5.41) is 4.47. The number of hydrogen-bond acceptors (Lipinski definition) is 2. The number of hydrogen-bond donors (Lipinski definition) is 1. The minimum absolute atomic E-state index is 0.519. The highest BCUT2D eigenvalue weighted by Gasteiger charge is 2.21. The Balaban J connectivity index is 1.36. The Morgan fingerprint density at radius 2 is 1.90 bits per heavy atom. The maximum absolute atomic E-state index is 6.04. The van der Waals surface area contributed by atoms with Gasteiger partial charge in [-0.05, 0) is 48.9 Å². The summed E-state index contributed by atoms with van der Waals surface area (Å²) >= 11 is 6.04. The van der Waals surface area contributed by atoms with E-state index in [9.17, 15) is 0 Å². The summed E-state index contributed by atoms with van der Waals surface area (Å²) in [6.45, 7) is 1.81. The maximum atomic E-state index is 6.04. The van der Waals surface area contributed by atoms with Crippen LogP contribution in [-0.4, -0.2) is 25.3 Å². The van der Waals surface area contributed by atoms with E-state index in [1.54, 1.807) is 0 Å². The van der Waals surface area contributed by atoms with Crippen molar-refractivity contribution in [1.82, 2.24) is 5.32 Å². The van der Waals surface area contributed by atoms with E-state index in [4.69, 9.17) is 16.3 Å². The van der Waals surface area contributed by atoms with Crippen LogP contribution in [-0.2, 0) is 17.6 Å². The highest BCUT2D eigenvalue weighted by molar-refractivity contribution is 6.30. The van der Waals surface area contributed by atoms with Gasteiger partial charge < -0.3 is 10.1 Å². The summed E-state index contributed by atoms with van der Waals surface area (Å²) in [5.74, 6) is 0. The molecule has 110 valence electrons. The minimum atomic E-state index is 0.519. The predicted molar refractivity (Wildman–Crippen MR) is 83.5 cm³/mol. The van der Waals surface area contributed by atoms with Crippen molar-refractivity contribution in [2.24, 2.45) is 0 Å². The molecule has 0 aromatic heterocycles. The fourth-order valence-electron chi connectivity index (χ4n) is 3.45. The predicted octanol–water partition coefficient (Wildman–Crippen LogP) is 3.75. The van der Waals surface area contributed by atoms with Crippen molar-refractivity contribution in [1.29, 1.82) is 0 Å². The number of rotatable bonds is 5. The van der Waals surface area contributed by atoms with E-state index in [0.717, 1.165) is 31.0 Å². The molecule has 2 aliphatic carbocycles. The van der Waals surface area contributed by atoms with Crippen LogP contribution in [0.1, 0.15) is 43.2 Å². The van der Waals surface area contributed by atoms with Crippen LogP contribution in [0.5, 0.6) is 0 Å². The fourth-order valence-corrected chi connectivity index (χ4v) is 3.65. The molecule has 0 radical (unpaired) electrons. The lowest BCUT2D eigenvalue weighted by Crippen LogP contribution is -2.33. The Morgan fingerprint density at radius 3 is 2.75 bits per heavy atom. The van der Waals surface area contributed by atoms with Crippen molar-refractivity contribution < 1.29 is 4.74 Å². The highest BCUT2D eigenvalue weighted by Crippen LogP contribution is 2.25. The monoisotopic (exact) mass is 293 g/mol. The van der Waals surface area contributed by atoms with E-state index in [1.807, 2.05) is 6.07 Å². The van der Waals surface area contributed by atoms with E-state index in [0.29, 0.717) is 12.1 Å². The smallest absolute Gasteiger partial charge is 0.0594 e.